The number of hydrogen-bond acceptors (Lipinski definition) is 8. The Hall–Kier alpha value is -5.00. The standard InChI is InChI=1S/C37H33FN6O3S/c1-23-17-29(34(39-20-23)43-21-37(22-43)11-15-47-16-12-37)35(45)41-27-7-4-24(5-8-27)36(46)44-14-10-25-18-32(30-3-2-13-40-42-30)48-33(25)28-9-6-26(38)19-31(28)44/h2-9,13,17-20H,10-12,14-16,21-22H2,1H3,(H,41,45). The van der Waals surface area contributed by atoms with Crippen molar-refractivity contribution in [2.75, 3.05) is 48.0 Å². The van der Waals surface area contributed by atoms with E-state index >= 15 is 0 Å². The summed E-state index contributed by atoms with van der Waals surface area (Å²) in [4.78, 5) is 37.9. The number of aromatic nitrogens is 3. The summed E-state index contributed by atoms with van der Waals surface area (Å²) < 4.78 is 20.2. The number of aryl methyl sites for hydroxylation is 1. The zero-order chi connectivity index (χ0) is 32.8. The van der Waals surface area contributed by atoms with Gasteiger partial charge in [0.1, 0.15) is 17.3 Å². The highest BCUT2D eigenvalue weighted by Crippen LogP contribution is 2.45. The molecular formula is C37H33FN6O3S. The molecule has 48 heavy (non-hydrogen) atoms. The molecule has 0 unspecified atom stereocenters. The number of hydrogen-bond donors (Lipinski definition) is 1. The molecular weight excluding hydrogens is 628 g/mol. The zero-order valence-electron chi connectivity index (χ0n) is 26.4. The zero-order valence-corrected chi connectivity index (χ0v) is 27.2. The van der Waals surface area contributed by atoms with Crippen LogP contribution in [-0.4, -0.2) is 59.8 Å². The van der Waals surface area contributed by atoms with Gasteiger partial charge in [0.15, 0.2) is 0 Å². The van der Waals surface area contributed by atoms with Crippen LogP contribution in [0.2, 0.25) is 0 Å². The minimum absolute atomic E-state index is 0.242. The molecule has 2 saturated heterocycles. The summed E-state index contributed by atoms with van der Waals surface area (Å²) in [5, 5.41) is 11.3. The Kier molecular flexibility index (Phi) is 7.73. The second-order valence-electron chi connectivity index (χ2n) is 12.8. The van der Waals surface area contributed by atoms with Crippen molar-refractivity contribution in [3.05, 3.63) is 107 Å². The number of thiophene rings is 1. The summed E-state index contributed by atoms with van der Waals surface area (Å²) in [5.41, 5.74) is 5.85. The van der Waals surface area contributed by atoms with E-state index < -0.39 is 5.82 Å². The minimum atomic E-state index is -0.412. The van der Waals surface area contributed by atoms with Gasteiger partial charge in [-0.1, -0.05) is 0 Å². The van der Waals surface area contributed by atoms with Crippen molar-refractivity contribution in [1.29, 1.82) is 0 Å². The van der Waals surface area contributed by atoms with Crippen LogP contribution in [0.15, 0.2) is 79.1 Å². The van der Waals surface area contributed by atoms with Gasteiger partial charge in [-0.15, -0.1) is 16.4 Å². The number of anilines is 3. The van der Waals surface area contributed by atoms with E-state index in [2.05, 4.69) is 31.5 Å². The summed E-state index contributed by atoms with van der Waals surface area (Å²) in [5.74, 6) is -0.220. The molecule has 8 rings (SSSR count). The van der Waals surface area contributed by atoms with Crippen LogP contribution in [0.1, 0.15) is 44.7 Å². The van der Waals surface area contributed by atoms with Crippen LogP contribution in [0, 0.1) is 18.2 Å². The number of rotatable bonds is 5. The summed E-state index contributed by atoms with van der Waals surface area (Å²) in [7, 11) is 0. The number of fused-ring (bicyclic) bond motifs is 3. The molecule has 5 aromatic rings. The second kappa shape index (κ2) is 12.2. The van der Waals surface area contributed by atoms with Gasteiger partial charge in [-0.25, -0.2) is 9.37 Å². The highest BCUT2D eigenvalue weighted by atomic mass is 32.1. The first-order valence-electron chi connectivity index (χ1n) is 16.1. The highest BCUT2D eigenvalue weighted by molar-refractivity contribution is 7.19. The number of nitrogens with zero attached hydrogens (tertiary/aromatic N) is 5. The molecule has 0 radical (unpaired) electrons. The predicted octanol–water partition coefficient (Wildman–Crippen LogP) is 6.79. The summed E-state index contributed by atoms with van der Waals surface area (Å²) in [6.45, 7) is 5.59. The average Bonchev–Trinajstić information content (AvgIpc) is 3.46. The van der Waals surface area contributed by atoms with E-state index in [1.165, 1.54) is 12.1 Å². The lowest BCUT2D eigenvalue weighted by molar-refractivity contribution is -0.000510. The van der Waals surface area contributed by atoms with Crippen molar-refractivity contribution in [1.82, 2.24) is 15.2 Å². The molecule has 2 fully saturated rings. The molecule has 11 heteroatoms. The predicted molar refractivity (Wildman–Crippen MR) is 184 cm³/mol. The number of nitrogens with one attached hydrogen (secondary N) is 1. The van der Waals surface area contributed by atoms with E-state index in [0.29, 0.717) is 41.3 Å². The fourth-order valence-corrected chi connectivity index (χ4v) is 8.16. The third-order valence-electron chi connectivity index (χ3n) is 9.52. The first-order valence-corrected chi connectivity index (χ1v) is 16.9. The molecule has 1 N–H and O–H groups in total. The summed E-state index contributed by atoms with van der Waals surface area (Å²) in [6, 6.07) is 19.2. The molecule has 9 nitrogen and oxygen atoms in total. The van der Waals surface area contributed by atoms with Crippen molar-refractivity contribution in [3.8, 4) is 21.0 Å². The lowest BCUT2D eigenvalue weighted by Gasteiger charge is -2.53. The number of amides is 2. The highest BCUT2D eigenvalue weighted by Gasteiger charge is 2.45. The number of carbonyl (C=O) groups is 2. The van der Waals surface area contributed by atoms with Gasteiger partial charge < -0.3 is 19.9 Å². The quantitative estimate of drug-likeness (QED) is 0.222. The molecule has 0 aliphatic carbocycles. The third kappa shape index (κ3) is 5.62. The lowest BCUT2D eigenvalue weighted by Crippen LogP contribution is -2.59. The molecule has 3 aromatic heterocycles. The molecule has 3 aliphatic rings. The average molecular weight is 661 g/mol. The van der Waals surface area contributed by atoms with Gasteiger partial charge in [-0.2, -0.15) is 5.10 Å². The van der Waals surface area contributed by atoms with Gasteiger partial charge in [0.05, 0.1) is 16.1 Å². The van der Waals surface area contributed by atoms with Gasteiger partial charge in [0.2, 0.25) is 0 Å². The number of benzene rings is 2. The van der Waals surface area contributed by atoms with Crippen molar-refractivity contribution in [2.45, 2.75) is 26.2 Å². The van der Waals surface area contributed by atoms with Crippen LogP contribution in [-0.2, 0) is 11.2 Å². The Labute approximate surface area is 281 Å². The minimum Gasteiger partial charge on any atom is -0.381 e. The van der Waals surface area contributed by atoms with Gasteiger partial charge in [0, 0.05) is 72.3 Å². The maximum absolute atomic E-state index is 14.6. The summed E-state index contributed by atoms with van der Waals surface area (Å²) in [6.07, 6.45) is 6.09. The summed E-state index contributed by atoms with van der Waals surface area (Å²) >= 11 is 1.56. The molecule has 0 saturated carbocycles. The van der Waals surface area contributed by atoms with E-state index in [0.717, 1.165) is 71.3 Å². The monoisotopic (exact) mass is 660 g/mol. The Balaban J connectivity index is 1.01. The first kappa shape index (κ1) is 30.3. The van der Waals surface area contributed by atoms with Crippen LogP contribution in [0.25, 0.3) is 21.0 Å². The number of halogens is 1. The molecule has 0 atom stereocenters. The Bertz CT molecular complexity index is 2020. The van der Waals surface area contributed by atoms with E-state index in [-0.39, 0.29) is 17.2 Å². The smallest absolute Gasteiger partial charge is 0.259 e. The second-order valence-corrected chi connectivity index (χ2v) is 13.9. The van der Waals surface area contributed by atoms with E-state index in [9.17, 15) is 14.0 Å². The molecule has 6 heterocycles. The van der Waals surface area contributed by atoms with Crippen molar-refractivity contribution in [2.24, 2.45) is 5.41 Å². The van der Waals surface area contributed by atoms with Crippen LogP contribution in [0.4, 0.5) is 21.6 Å². The maximum atomic E-state index is 14.6. The topological polar surface area (TPSA) is 101 Å². The molecule has 2 aromatic carbocycles. The van der Waals surface area contributed by atoms with Gasteiger partial charge in [0.25, 0.3) is 11.8 Å². The number of carbonyl (C=O) groups excluding carboxylic acids is 2. The number of pyridine rings is 1. The fourth-order valence-electron chi connectivity index (χ4n) is 6.95. The molecule has 2 amide bonds. The van der Waals surface area contributed by atoms with Gasteiger partial charge in [-0.05, 0) is 104 Å². The fraction of sp³-hybridized carbons (Fsp3) is 0.270. The van der Waals surface area contributed by atoms with E-state index in [1.54, 1.807) is 59.0 Å². The lowest BCUT2D eigenvalue weighted by atomic mass is 9.73. The first-order chi connectivity index (χ1) is 23.4. The Morgan fingerprint density at radius 2 is 1.83 bits per heavy atom. The normalized spacial score (nSPS) is 16.5. The maximum Gasteiger partial charge on any atom is 0.259 e. The molecule has 3 aliphatic heterocycles. The van der Waals surface area contributed by atoms with Crippen LogP contribution < -0.4 is 15.1 Å². The van der Waals surface area contributed by atoms with E-state index in [1.807, 2.05) is 25.1 Å². The third-order valence-corrected chi connectivity index (χ3v) is 10.8. The molecule has 0 bridgehead atoms. The number of ether oxygens (including phenoxy) is 1. The van der Waals surface area contributed by atoms with Crippen molar-refractivity contribution >= 4 is 40.3 Å². The van der Waals surface area contributed by atoms with Gasteiger partial charge >= 0.3 is 0 Å². The van der Waals surface area contributed by atoms with Crippen molar-refractivity contribution in [3.63, 3.8) is 0 Å². The van der Waals surface area contributed by atoms with Crippen molar-refractivity contribution < 1.29 is 18.7 Å². The van der Waals surface area contributed by atoms with Crippen LogP contribution in [0.5, 0.6) is 0 Å². The Morgan fingerprint density at radius 1 is 1.02 bits per heavy atom. The van der Waals surface area contributed by atoms with Gasteiger partial charge in [-0.3, -0.25) is 9.59 Å². The van der Waals surface area contributed by atoms with Crippen LogP contribution in [0.3, 0.4) is 0 Å². The largest absolute Gasteiger partial charge is 0.381 e. The molecule has 242 valence electrons. The van der Waals surface area contributed by atoms with Crippen LogP contribution >= 0.6 is 11.3 Å². The molecule has 1 spiro atoms. The Morgan fingerprint density at radius 3 is 2.60 bits per heavy atom. The SMILES string of the molecule is Cc1cnc(N2CC3(CCOCC3)C2)c(C(=O)Nc2ccc(C(=O)N3CCc4cc(-c5cccnn5)sc4-c4ccc(F)cc43)cc2)c1. The van der Waals surface area contributed by atoms with E-state index in [4.69, 9.17) is 4.74 Å².